The van der Waals surface area contributed by atoms with Gasteiger partial charge in [0, 0.05) is 16.6 Å². The summed E-state index contributed by atoms with van der Waals surface area (Å²) in [5.41, 5.74) is 0.781. The third-order valence-electron chi connectivity index (χ3n) is 2.11. The number of aromatic nitrogens is 1. The standard InChI is InChI=1S/C11H8Cl2N2O2/c12-8-2-1-7(9(13)3-8)4-15-11(16)10-5-14-6-17-10/h1-3,5-6H,4H2,(H,15,16). The van der Waals surface area contributed by atoms with Crippen molar-refractivity contribution in [3.05, 3.63) is 52.2 Å². The molecule has 0 saturated heterocycles. The van der Waals surface area contributed by atoms with Crippen LogP contribution in [0, 0.1) is 0 Å². The summed E-state index contributed by atoms with van der Waals surface area (Å²) in [7, 11) is 0. The molecule has 0 aliphatic heterocycles. The van der Waals surface area contributed by atoms with E-state index in [4.69, 9.17) is 27.6 Å². The Hall–Kier alpha value is -1.52. The molecule has 6 heteroatoms. The first kappa shape index (κ1) is 12.0. The van der Waals surface area contributed by atoms with E-state index in [1.54, 1.807) is 18.2 Å². The molecule has 2 aromatic rings. The third kappa shape index (κ3) is 2.99. The number of rotatable bonds is 3. The summed E-state index contributed by atoms with van der Waals surface area (Å²) in [5.74, 6) is -0.177. The number of amides is 1. The summed E-state index contributed by atoms with van der Waals surface area (Å²) in [5, 5.41) is 3.73. The Morgan fingerprint density at radius 3 is 2.88 bits per heavy atom. The number of hydrogen-bond acceptors (Lipinski definition) is 3. The van der Waals surface area contributed by atoms with E-state index < -0.39 is 0 Å². The van der Waals surface area contributed by atoms with Crippen LogP contribution in [0.15, 0.2) is 35.2 Å². The molecule has 4 nitrogen and oxygen atoms in total. The van der Waals surface area contributed by atoms with Gasteiger partial charge in [0.2, 0.25) is 5.76 Å². The predicted molar refractivity (Wildman–Crippen MR) is 64.1 cm³/mol. The number of nitrogens with zero attached hydrogens (tertiary/aromatic N) is 1. The lowest BCUT2D eigenvalue weighted by atomic mass is 10.2. The molecule has 0 atom stereocenters. The Kier molecular flexibility index (Phi) is 3.66. The zero-order chi connectivity index (χ0) is 12.3. The van der Waals surface area contributed by atoms with Gasteiger partial charge >= 0.3 is 0 Å². The van der Waals surface area contributed by atoms with Crippen molar-refractivity contribution < 1.29 is 9.21 Å². The van der Waals surface area contributed by atoms with Crippen LogP contribution >= 0.6 is 23.2 Å². The fourth-order valence-electron chi connectivity index (χ4n) is 1.26. The van der Waals surface area contributed by atoms with E-state index >= 15 is 0 Å². The minimum atomic E-state index is -0.339. The molecule has 88 valence electrons. The molecule has 1 amide bonds. The molecule has 1 aromatic heterocycles. The zero-order valence-electron chi connectivity index (χ0n) is 8.61. The average Bonchev–Trinajstić information content (AvgIpc) is 2.81. The average molecular weight is 271 g/mol. The summed E-state index contributed by atoms with van der Waals surface area (Å²) < 4.78 is 4.86. The number of benzene rings is 1. The molecule has 0 saturated carbocycles. The first-order valence-electron chi connectivity index (χ1n) is 4.77. The normalized spacial score (nSPS) is 10.2. The maximum atomic E-state index is 11.5. The van der Waals surface area contributed by atoms with Crippen molar-refractivity contribution in [2.24, 2.45) is 0 Å². The largest absolute Gasteiger partial charge is 0.438 e. The van der Waals surface area contributed by atoms with Gasteiger partial charge in [0.05, 0.1) is 6.20 Å². The summed E-state index contributed by atoms with van der Waals surface area (Å²) >= 11 is 11.7. The second-order valence-corrected chi connectivity index (χ2v) is 4.13. The van der Waals surface area contributed by atoms with E-state index in [0.717, 1.165) is 5.56 Å². The van der Waals surface area contributed by atoms with Gasteiger partial charge in [-0.05, 0) is 17.7 Å². The lowest BCUT2D eigenvalue weighted by Crippen LogP contribution is -2.22. The van der Waals surface area contributed by atoms with E-state index in [1.165, 1.54) is 12.6 Å². The van der Waals surface area contributed by atoms with E-state index in [9.17, 15) is 4.79 Å². The topological polar surface area (TPSA) is 55.1 Å². The van der Waals surface area contributed by atoms with Crippen LogP contribution in [-0.4, -0.2) is 10.9 Å². The summed E-state index contributed by atoms with van der Waals surface area (Å²) in [6.07, 6.45) is 2.54. The minimum absolute atomic E-state index is 0.162. The molecule has 2 rings (SSSR count). The first-order chi connectivity index (χ1) is 8.16. The number of carbonyl (C=O) groups is 1. The Bertz CT molecular complexity index is 526. The molecule has 0 aliphatic carbocycles. The lowest BCUT2D eigenvalue weighted by molar-refractivity contribution is 0.0923. The number of halogens is 2. The number of hydrogen-bond donors (Lipinski definition) is 1. The fourth-order valence-corrected chi connectivity index (χ4v) is 1.73. The van der Waals surface area contributed by atoms with Gasteiger partial charge in [-0.1, -0.05) is 29.3 Å². The van der Waals surface area contributed by atoms with Crippen LogP contribution in [0.5, 0.6) is 0 Å². The number of carbonyl (C=O) groups excluding carboxylic acids is 1. The van der Waals surface area contributed by atoms with Gasteiger partial charge in [-0.2, -0.15) is 0 Å². The Labute approximate surface area is 108 Å². The van der Waals surface area contributed by atoms with Crippen molar-refractivity contribution in [3.8, 4) is 0 Å². The van der Waals surface area contributed by atoms with Crippen LogP contribution in [0.3, 0.4) is 0 Å². The van der Waals surface area contributed by atoms with Crippen molar-refractivity contribution in [2.45, 2.75) is 6.54 Å². The summed E-state index contributed by atoms with van der Waals surface area (Å²) in [6.45, 7) is 0.301. The fraction of sp³-hybridized carbons (Fsp3) is 0.0909. The van der Waals surface area contributed by atoms with Gasteiger partial charge in [-0.15, -0.1) is 0 Å². The Morgan fingerprint density at radius 1 is 1.41 bits per heavy atom. The molecule has 0 unspecified atom stereocenters. The molecule has 0 spiro atoms. The molecular weight excluding hydrogens is 263 g/mol. The summed E-state index contributed by atoms with van der Waals surface area (Å²) in [6, 6.07) is 5.09. The molecule has 0 fully saturated rings. The van der Waals surface area contributed by atoms with Crippen molar-refractivity contribution >= 4 is 29.1 Å². The smallest absolute Gasteiger partial charge is 0.288 e. The monoisotopic (exact) mass is 270 g/mol. The van der Waals surface area contributed by atoms with E-state index in [0.29, 0.717) is 16.6 Å². The molecule has 0 aliphatic rings. The molecule has 1 aromatic carbocycles. The first-order valence-corrected chi connectivity index (χ1v) is 5.53. The van der Waals surface area contributed by atoms with Gasteiger partial charge in [-0.3, -0.25) is 4.79 Å². The SMILES string of the molecule is O=C(NCc1ccc(Cl)cc1Cl)c1cnco1. The quantitative estimate of drug-likeness (QED) is 0.933. The summed E-state index contributed by atoms with van der Waals surface area (Å²) in [4.78, 5) is 15.2. The van der Waals surface area contributed by atoms with Crippen molar-refractivity contribution in [1.82, 2.24) is 10.3 Å². The van der Waals surface area contributed by atoms with Crippen LogP contribution < -0.4 is 5.32 Å². The minimum Gasteiger partial charge on any atom is -0.438 e. The molecule has 1 N–H and O–H groups in total. The van der Waals surface area contributed by atoms with Crippen molar-refractivity contribution in [1.29, 1.82) is 0 Å². The van der Waals surface area contributed by atoms with Gasteiger partial charge in [0.1, 0.15) is 0 Å². The highest BCUT2D eigenvalue weighted by Gasteiger charge is 2.09. The number of oxazole rings is 1. The van der Waals surface area contributed by atoms with E-state index in [-0.39, 0.29) is 11.7 Å². The zero-order valence-corrected chi connectivity index (χ0v) is 10.1. The third-order valence-corrected chi connectivity index (χ3v) is 2.70. The van der Waals surface area contributed by atoms with Crippen LogP contribution in [-0.2, 0) is 6.54 Å². The Morgan fingerprint density at radius 2 is 2.24 bits per heavy atom. The highest BCUT2D eigenvalue weighted by Crippen LogP contribution is 2.20. The van der Waals surface area contributed by atoms with E-state index in [1.807, 2.05) is 0 Å². The molecule has 0 radical (unpaired) electrons. The van der Waals surface area contributed by atoms with Crippen molar-refractivity contribution in [2.75, 3.05) is 0 Å². The van der Waals surface area contributed by atoms with Crippen LogP contribution in [0.1, 0.15) is 16.1 Å². The maximum absolute atomic E-state index is 11.5. The van der Waals surface area contributed by atoms with Gasteiger partial charge in [-0.25, -0.2) is 4.98 Å². The lowest BCUT2D eigenvalue weighted by Gasteiger charge is -2.05. The maximum Gasteiger partial charge on any atom is 0.288 e. The van der Waals surface area contributed by atoms with Crippen LogP contribution in [0.2, 0.25) is 10.0 Å². The molecular formula is C11H8Cl2N2O2. The van der Waals surface area contributed by atoms with Gasteiger partial charge < -0.3 is 9.73 Å². The molecule has 0 bridgehead atoms. The Balaban J connectivity index is 2.01. The second kappa shape index (κ2) is 5.21. The molecule has 1 heterocycles. The predicted octanol–water partition coefficient (Wildman–Crippen LogP) is 2.91. The second-order valence-electron chi connectivity index (χ2n) is 3.28. The highest BCUT2D eigenvalue weighted by molar-refractivity contribution is 6.35. The molecule has 17 heavy (non-hydrogen) atoms. The van der Waals surface area contributed by atoms with Gasteiger partial charge in [0.15, 0.2) is 6.39 Å². The van der Waals surface area contributed by atoms with Crippen LogP contribution in [0.25, 0.3) is 0 Å². The number of nitrogens with one attached hydrogen (secondary N) is 1. The van der Waals surface area contributed by atoms with Gasteiger partial charge in [0.25, 0.3) is 5.91 Å². The van der Waals surface area contributed by atoms with Crippen molar-refractivity contribution in [3.63, 3.8) is 0 Å². The highest BCUT2D eigenvalue weighted by atomic mass is 35.5. The van der Waals surface area contributed by atoms with E-state index in [2.05, 4.69) is 10.3 Å². The van der Waals surface area contributed by atoms with Crippen LogP contribution in [0.4, 0.5) is 0 Å².